The molecule has 0 aliphatic carbocycles. The fourth-order valence-corrected chi connectivity index (χ4v) is 5.02. The quantitative estimate of drug-likeness (QED) is 0.0417. The topological polar surface area (TPSA) is 26.3 Å². The van der Waals surface area contributed by atoms with Crippen LogP contribution < -0.4 is 0 Å². The van der Waals surface area contributed by atoms with Crippen molar-refractivity contribution >= 4 is 21.9 Å². The minimum Gasteiger partial charge on any atom is -0.462 e. The highest BCUT2D eigenvalue weighted by Crippen LogP contribution is 2.26. The number of esters is 1. The molecule has 0 rings (SSSR count). The molecule has 0 saturated carbocycles. The molecule has 3 heteroatoms. The van der Waals surface area contributed by atoms with Gasteiger partial charge in [-0.15, -0.1) is 0 Å². The molecular formula is C34H61BrO2. The van der Waals surface area contributed by atoms with Gasteiger partial charge in [0.1, 0.15) is 6.10 Å². The highest BCUT2D eigenvalue weighted by Gasteiger charge is 2.23. The van der Waals surface area contributed by atoms with Gasteiger partial charge in [0, 0.05) is 11.8 Å². The Morgan fingerprint density at radius 1 is 0.595 bits per heavy atom. The zero-order valence-electron chi connectivity index (χ0n) is 24.9. The number of alkyl halides is 1. The predicted molar refractivity (Wildman–Crippen MR) is 169 cm³/mol. The Bertz CT molecular complexity index is 542. The summed E-state index contributed by atoms with van der Waals surface area (Å²) in [5.74, 6) is 0.419. The van der Waals surface area contributed by atoms with E-state index in [0.717, 1.165) is 56.7 Å². The van der Waals surface area contributed by atoms with E-state index in [1.807, 2.05) is 0 Å². The average Bonchev–Trinajstić information content (AvgIpc) is 2.90. The molecule has 0 N–H and O–H groups in total. The lowest BCUT2D eigenvalue weighted by molar-refractivity contribution is -0.152. The summed E-state index contributed by atoms with van der Waals surface area (Å²) in [5, 5.41) is 0.949. The Kier molecular flexibility index (Phi) is 29.1. The van der Waals surface area contributed by atoms with E-state index in [9.17, 15) is 4.79 Å². The summed E-state index contributed by atoms with van der Waals surface area (Å²) in [6, 6.07) is 0. The highest BCUT2D eigenvalue weighted by molar-refractivity contribution is 9.09. The fraction of sp³-hybridized carbons (Fsp3) is 0.794. The van der Waals surface area contributed by atoms with Crippen LogP contribution in [0.1, 0.15) is 156 Å². The number of carbonyl (C=O) groups excluding carboxylic acids is 1. The monoisotopic (exact) mass is 580 g/mol. The van der Waals surface area contributed by atoms with Crippen LogP contribution in [0.3, 0.4) is 0 Å². The molecular weight excluding hydrogens is 520 g/mol. The van der Waals surface area contributed by atoms with Gasteiger partial charge in [-0.1, -0.05) is 112 Å². The standard InChI is InChI=1S/C34H61BrO2/c1-4-7-10-13-16-19-22-27-32(28-23-20-17-14-11-8-5-2)33(37-34(36)30-25-26-31-35)29-24-21-18-15-12-9-6-3/h16-21,32-33H,4-15,22-31H2,1-3H3/b19-16-,20-17-,21-18-. The summed E-state index contributed by atoms with van der Waals surface area (Å²) in [7, 11) is 0. The molecule has 0 aliphatic rings. The van der Waals surface area contributed by atoms with Gasteiger partial charge in [-0.25, -0.2) is 0 Å². The van der Waals surface area contributed by atoms with E-state index >= 15 is 0 Å². The Morgan fingerprint density at radius 3 is 1.46 bits per heavy atom. The largest absolute Gasteiger partial charge is 0.462 e. The van der Waals surface area contributed by atoms with Crippen LogP contribution in [-0.2, 0) is 9.53 Å². The average molecular weight is 582 g/mol. The molecule has 0 aromatic heterocycles. The van der Waals surface area contributed by atoms with Gasteiger partial charge in [-0.2, -0.15) is 0 Å². The van der Waals surface area contributed by atoms with E-state index in [2.05, 4.69) is 73.2 Å². The lowest BCUT2D eigenvalue weighted by Crippen LogP contribution is -2.27. The van der Waals surface area contributed by atoms with Crippen molar-refractivity contribution in [1.29, 1.82) is 0 Å². The highest BCUT2D eigenvalue weighted by atomic mass is 79.9. The third-order valence-electron chi connectivity index (χ3n) is 7.02. The van der Waals surface area contributed by atoms with E-state index < -0.39 is 0 Å². The van der Waals surface area contributed by atoms with Gasteiger partial charge in [0.25, 0.3) is 0 Å². The van der Waals surface area contributed by atoms with Gasteiger partial charge in [-0.3, -0.25) is 4.79 Å². The number of allylic oxidation sites excluding steroid dienone is 6. The minimum absolute atomic E-state index is 0.00640. The van der Waals surface area contributed by atoms with Crippen LogP contribution in [0, 0.1) is 5.92 Å². The number of carbonyl (C=O) groups is 1. The molecule has 0 amide bonds. The molecule has 0 bridgehead atoms. The third kappa shape index (κ3) is 25.2. The molecule has 0 saturated heterocycles. The second-order valence-electron chi connectivity index (χ2n) is 10.6. The lowest BCUT2D eigenvalue weighted by Gasteiger charge is -2.27. The van der Waals surface area contributed by atoms with Gasteiger partial charge >= 0.3 is 5.97 Å². The van der Waals surface area contributed by atoms with E-state index in [4.69, 9.17) is 4.74 Å². The number of rotatable bonds is 27. The smallest absolute Gasteiger partial charge is 0.306 e. The number of unbranched alkanes of at least 4 members (excludes halogenated alkanes) is 10. The molecule has 2 nitrogen and oxygen atoms in total. The first-order chi connectivity index (χ1) is 18.2. The molecule has 1 atom stereocenters. The van der Waals surface area contributed by atoms with Crippen molar-refractivity contribution in [3.05, 3.63) is 36.5 Å². The van der Waals surface area contributed by atoms with Crippen molar-refractivity contribution in [1.82, 2.24) is 0 Å². The summed E-state index contributed by atoms with van der Waals surface area (Å²) in [6.07, 6.45) is 38.1. The predicted octanol–water partition coefficient (Wildman–Crippen LogP) is 11.8. The van der Waals surface area contributed by atoms with Crippen molar-refractivity contribution in [2.24, 2.45) is 5.92 Å². The van der Waals surface area contributed by atoms with Crippen molar-refractivity contribution in [2.45, 2.75) is 162 Å². The molecule has 1 unspecified atom stereocenters. The number of hydrogen-bond acceptors (Lipinski definition) is 2. The molecule has 0 aromatic rings. The maximum absolute atomic E-state index is 12.7. The van der Waals surface area contributed by atoms with Gasteiger partial charge in [0.05, 0.1) is 0 Å². The summed E-state index contributed by atoms with van der Waals surface area (Å²) in [4.78, 5) is 12.7. The number of hydrogen-bond donors (Lipinski definition) is 0. The zero-order chi connectivity index (χ0) is 27.2. The SMILES string of the molecule is CCCCC/C=C\CCC(CC/C=C\CCCCC)C(CC/C=C\CCCCC)OC(=O)CCCCBr. The first-order valence-corrected chi connectivity index (χ1v) is 17.0. The first kappa shape index (κ1) is 36.2. The van der Waals surface area contributed by atoms with Crippen LogP contribution in [0.25, 0.3) is 0 Å². The lowest BCUT2D eigenvalue weighted by atomic mass is 9.88. The molecule has 216 valence electrons. The minimum atomic E-state index is -0.00640. The molecule has 37 heavy (non-hydrogen) atoms. The normalized spacial score (nSPS) is 13.0. The molecule has 0 aromatic carbocycles. The van der Waals surface area contributed by atoms with Crippen LogP contribution in [0.4, 0.5) is 0 Å². The van der Waals surface area contributed by atoms with Crippen LogP contribution >= 0.6 is 15.9 Å². The summed E-state index contributed by atoms with van der Waals surface area (Å²) in [6.45, 7) is 6.77. The van der Waals surface area contributed by atoms with E-state index in [-0.39, 0.29) is 12.1 Å². The zero-order valence-corrected chi connectivity index (χ0v) is 26.5. The fourth-order valence-electron chi connectivity index (χ4n) is 4.62. The third-order valence-corrected chi connectivity index (χ3v) is 7.58. The van der Waals surface area contributed by atoms with E-state index in [0.29, 0.717) is 12.3 Å². The molecule has 0 radical (unpaired) electrons. The summed E-state index contributed by atoms with van der Waals surface area (Å²) in [5.41, 5.74) is 0. The summed E-state index contributed by atoms with van der Waals surface area (Å²) >= 11 is 3.48. The second kappa shape index (κ2) is 29.7. The number of ether oxygens (including phenoxy) is 1. The van der Waals surface area contributed by atoms with Gasteiger partial charge in [-0.05, 0) is 95.8 Å². The van der Waals surface area contributed by atoms with E-state index in [1.54, 1.807) is 0 Å². The van der Waals surface area contributed by atoms with Crippen molar-refractivity contribution in [3.8, 4) is 0 Å². The van der Waals surface area contributed by atoms with Gasteiger partial charge < -0.3 is 4.74 Å². The van der Waals surface area contributed by atoms with Crippen LogP contribution in [0.15, 0.2) is 36.5 Å². The maximum atomic E-state index is 12.7. The van der Waals surface area contributed by atoms with Crippen molar-refractivity contribution < 1.29 is 9.53 Å². The van der Waals surface area contributed by atoms with E-state index in [1.165, 1.54) is 77.0 Å². The van der Waals surface area contributed by atoms with Crippen LogP contribution in [-0.4, -0.2) is 17.4 Å². The summed E-state index contributed by atoms with van der Waals surface area (Å²) < 4.78 is 6.19. The van der Waals surface area contributed by atoms with Crippen molar-refractivity contribution in [3.63, 3.8) is 0 Å². The Labute approximate surface area is 240 Å². The first-order valence-electron chi connectivity index (χ1n) is 15.9. The molecule has 0 aliphatic heterocycles. The van der Waals surface area contributed by atoms with Crippen LogP contribution in [0.2, 0.25) is 0 Å². The van der Waals surface area contributed by atoms with Gasteiger partial charge in [0.15, 0.2) is 0 Å². The molecule has 0 fully saturated rings. The Morgan fingerprint density at radius 2 is 1.03 bits per heavy atom. The van der Waals surface area contributed by atoms with Crippen LogP contribution in [0.5, 0.6) is 0 Å². The Hall–Kier alpha value is -0.830. The molecule has 0 spiro atoms. The van der Waals surface area contributed by atoms with Gasteiger partial charge in [0.2, 0.25) is 0 Å². The second-order valence-corrected chi connectivity index (χ2v) is 11.4. The molecule has 0 heterocycles. The van der Waals surface area contributed by atoms with Crippen molar-refractivity contribution in [2.75, 3.05) is 5.33 Å². The number of halogens is 1. The Balaban J connectivity index is 5.10. The maximum Gasteiger partial charge on any atom is 0.306 e.